The minimum Gasteiger partial charge on any atom is -0.467 e. The SMILES string of the molecule is COC(=O)C(CCC[C@H](NC(=O)OCc1ccccc1)C(=O)N[C@@H](C)C(=O)OC)=NC(=O)OC(C)(C)C. The van der Waals surface area contributed by atoms with Crippen molar-refractivity contribution in [3.8, 4) is 0 Å². The van der Waals surface area contributed by atoms with Crippen LogP contribution in [0.1, 0.15) is 52.5 Å². The summed E-state index contributed by atoms with van der Waals surface area (Å²) in [5.74, 6) is -2.17. The van der Waals surface area contributed by atoms with Crippen LogP contribution in [0.4, 0.5) is 9.59 Å². The Balaban J connectivity index is 2.90. The van der Waals surface area contributed by atoms with E-state index in [-0.39, 0.29) is 31.6 Å². The Morgan fingerprint density at radius 1 is 0.973 bits per heavy atom. The molecule has 12 nitrogen and oxygen atoms in total. The van der Waals surface area contributed by atoms with Gasteiger partial charge in [-0.3, -0.25) is 4.79 Å². The van der Waals surface area contributed by atoms with Crippen molar-refractivity contribution in [2.75, 3.05) is 14.2 Å². The van der Waals surface area contributed by atoms with Gasteiger partial charge in [0.25, 0.3) is 0 Å². The minimum atomic E-state index is -1.13. The molecule has 0 saturated carbocycles. The quantitative estimate of drug-likeness (QED) is 0.254. The number of carbonyl (C=O) groups excluding carboxylic acids is 5. The van der Waals surface area contributed by atoms with E-state index in [1.807, 2.05) is 6.07 Å². The minimum absolute atomic E-state index is 0.0183. The van der Waals surface area contributed by atoms with Gasteiger partial charge >= 0.3 is 24.1 Å². The van der Waals surface area contributed by atoms with Gasteiger partial charge in [0.2, 0.25) is 5.91 Å². The van der Waals surface area contributed by atoms with Crippen molar-refractivity contribution >= 4 is 35.7 Å². The number of aliphatic imine (C=N–C) groups is 1. The highest BCUT2D eigenvalue weighted by Gasteiger charge is 2.26. The normalized spacial score (nSPS) is 13.0. The summed E-state index contributed by atoms with van der Waals surface area (Å²) < 4.78 is 19.6. The molecule has 0 heterocycles. The number of esters is 2. The van der Waals surface area contributed by atoms with Gasteiger partial charge in [0.15, 0.2) is 0 Å². The summed E-state index contributed by atoms with van der Waals surface area (Å²) in [5, 5.41) is 4.93. The summed E-state index contributed by atoms with van der Waals surface area (Å²) in [4.78, 5) is 64.7. The molecule has 1 aromatic carbocycles. The molecule has 12 heteroatoms. The molecule has 2 N–H and O–H groups in total. The monoisotopic (exact) mass is 521 g/mol. The summed E-state index contributed by atoms with van der Waals surface area (Å²) >= 11 is 0. The highest BCUT2D eigenvalue weighted by molar-refractivity contribution is 6.37. The first-order valence-electron chi connectivity index (χ1n) is 11.6. The Morgan fingerprint density at radius 3 is 2.19 bits per heavy atom. The van der Waals surface area contributed by atoms with Gasteiger partial charge < -0.3 is 29.6 Å². The second-order valence-electron chi connectivity index (χ2n) is 8.93. The van der Waals surface area contributed by atoms with Crippen molar-refractivity contribution in [3.05, 3.63) is 35.9 Å². The van der Waals surface area contributed by atoms with Gasteiger partial charge in [-0.05, 0) is 52.5 Å². The number of nitrogens with one attached hydrogen (secondary N) is 2. The molecule has 0 radical (unpaired) electrons. The maximum atomic E-state index is 12.8. The molecule has 0 saturated heterocycles. The van der Waals surface area contributed by atoms with Gasteiger partial charge in [-0.2, -0.15) is 4.99 Å². The summed E-state index contributed by atoms with van der Waals surface area (Å²) in [7, 11) is 2.32. The summed E-state index contributed by atoms with van der Waals surface area (Å²) in [6, 6.07) is 6.85. The third-order valence-corrected chi connectivity index (χ3v) is 4.68. The molecule has 2 atom stereocenters. The van der Waals surface area contributed by atoms with Crippen LogP contribution in [0.5, 0.6) is 0 Å². The number of ether oxygens (including phenoxy) is 4. The van der Waals surface area contributed by atoms with Gasteiger partial charge in [0.1, 0.15) is 30.0 Å². The molecule has 0 fully saturated rings. The second-order valence-corrected chi connectivity index (χ2v) is 8.93. The van der Waals surface area contributed by atoms with Gasteiger partial charge in [0, 0.05) is 0 Å². The standard InChI is InChI=1S/C25H35N3O9/c1-16(21(30)34-5)26-20(29)18(27-23(32)36-15-17-11-8-7-9-12-17)13-10-14-19(22(31)35-6)28-24(33)37-25(2,3)4/h7-9,11-12,16,18H,10,13-15H2,1-6H3,(H,26,29)(H,27,32)/t16-,18-/m0/s1. The maximum absolute atomic E-state index is 12.8. The first-order valence-corrected chi connectivity index (χ1v) is 11.6. The van der Waals surface area contributed by atoms with Crippen molar-refractivity contribution in [1.82, 2.24) is 10.6 Å². The Hall–Kier alpha value is -3.96. The number of hydrogen-bond donors (Lipinski definition) is 2. The molecule has 0 aliphatic heterocycles. The second kappa shape index (κ2) is 15.2. The lowest BCUT2D eigenvalue weighted by Crippen LogP contribution is -2.51. The predicted molar refractivity (Wildman–Crippen MR) is 133 cm³/mol. The van der Waals surface area contributed by atoms with E-state index in [2.05, 4.69) is 25.1 Å². The Bertz CT molecular complexity index is 971. The molecule has 0 aromatic heterocycles. The van der Waals surface area contributed by atoms with Crippen molar-refractivity contribution in [1.29, 1.82) is 0 Å². The smallest absolute Gasteiger partial charge is 0.434 e. The van der Waals surface area contributed by atoms with Gasteiger partial charge in [-0.25, -0.2) is 19.2 Å². The summed E-state index contributed by atoms with van der Waals surface area (Å²) in [6.07, 6.45) is -1.71. The first-order chi connectivity index (χ1) is 17.4. The van der Waals surface area contributed by atoms with Gasteiger partial charge in [-0.15, -0.1) is 0 Å². The van der Waals surface area contributed by atoms with E-state index >= 15 is 0 Å². The molecule has 0 unspecified atom stereocenters. The van der Waals surface area contributed by atoms with Crippen LogP contribution in [-0.4, -0.2) is 67.6 Å². The average molecular weight is 522 g/mol. The van der Waals surface area contributed by atoms with Crippen LogP contribution < -0.4 is 10.6 Å². The van der Waals surface area contributed by atoms with Gasteiger partial charge in [0.05, 0.1) is 14.2 Å². The lowest BCUT2D eigenvalue weighted by Gasteiger charge is -2.20. The van der Waals surface area contributed by atoms with E-state index in [1.54, 1.807) is 45.0 Å². The van der Waals surface area contributed by atoms with E-state index in [1.165, 1.54) is 14.0 Å². The summed E-state index contributed by atoms with van der Waals surface area (Å²) in [5.41, 5.74) is -0.268. The average Bonchev–Trinajstić information content (AvgIpc) is 2.84. The lowest BCUT2D eigenvalue weighted by atomic mass is 10.1. The molecule has 37 heavy (non-hydrogen) atoms. The molecule has 0 spiro atoms. The molecular weight excluding hydrogens is 486 g/mol. The van der Waals surface area contributed by atoms with Crippen molar-refractivity contribution in [2.45, 2.75) is 71.2 Å². The molecular formula is C25H35N3O9. The van der Waals surface area contributed by atoms with E-state index in [0.29, 0.717) is 0 Å². The zero-order valence-electron chi connectivity index (χ0n) is 22.0. The summed E-state index contributed by atoms with van der Waals surface area (Å²) in [6.45, 7) is 6.36. The molecule has 0 bridgehead atoms. The largest absolute Gasteiger partial charge is 0.467 e. The van der Waals surface area contributed by atoms with Crippen LogP contribution in [0.2, 0.25) is 0 Å². The van der Waals surface area contributed by atoms with E-state index in [4.69, 9.17) is 9.47 Å². The third-order valence-electron chi connectivity index (χ3n) is 4.68. The number of amides is 3. The van der Waals surface area contributed by atoms with Crippen LogP contribution in [-0.2, 0) is 39.9 Å². The molecule has 1 aromatic rings. The Labute approximate surface area is 216 Å². The Kier molecular flexibility index (Phi) is 12.8. The zero-order chi connectivity index (χ0) is 28.0. The fourth-order valence-electron chi connectivity index (χ4n) is 2.92. The fourth-order valence-corrected chi connectivity index (χ4v) is 2.92. The number of nitrogens with zero attached hydrogens (tertiary/aromatic N) is 1. The van der Waals surface area contributed by atoms with Crippen LogP contribution in [0.3, 0.4) is 0 Å². The maximum Gasteiger partial charge on any atom is 0.434 e. The van der Waals surface area contributed by atoms with Crippen LogP contribution >= 0.6 is 0 Å². The first kappa shape index (κ1) is 31.1. The van der Waals surface area contributed by atoms with Crippen molar-refractivity contribution < 1.29 is 42.9 Å². The number of benzene rings is 1. The highest BCUT2D eigenvalue weighted by Crippen LogP contribution is 2.11. The molecule has 0 aliphatic carbocycles. The lowest BCUT2D eigenvalue weighted by molar-refractivity contribution is -0.144. The number of methoxy groups -OCH3 is 2. The topological polar surface area (TPSA) is 159 Å². The molecule has 1 rings (SSSR count). The predicted octanol–water partition coefficient (Wildman–Crippen LogP) is 2.68. The third kappa shape index (κ3) is 12.5. The molecule has 3 amide bonds. The molecule has 204 valence electrons. The van der Waals surface area contributed by atoms with Crippen molar-refractivity contribution in [3.63, 3.8) is 0 Å². The number of rotatable bonds is 11. The van der Waals surface area contributed by atoms with Crippen LogP contribution in [0.15, 0.2) is 35.3 Å². The van der Waals surface area contributed by atoms with Crippen LogP contribution in [0, 0.1) is 0 Å². The molecule has 0 aliphatic rings. The number of hydrogen-bond acceptors (Lipinski definition) is 9. The number of carbonyl (C=O) groups is 5. The highest BCUT2D eigenvalue weighted by atomic mass is 16.6. The van der Waals surface area contributed by atoms with Gasteiger partial charge in [-0.1, -0.05) is 30.3 Å². The van der Waals surface area contributed by atoms with E-state index in [9.17, 15) is 24.0 Å². The fraction of sp³-hybridized carbons (Fsp3) is 0.520. The van der Waals surface area contributed by atoms with E-state index < -0.39 is 47.7 Å². The zero-order valence-corrected chi connectivity index (χ0v) is 22.0. The van der Waals surface area contributed by atoms with Crippen molar-refractivity contribution in [2.24, 2.45) is 4.99 Å². The number of alkyl carbamates (subject to hydrolysis) is 1. The van der Waals surface area contributed by atoms with Crippen LogP contribution in [0.25, 0.3) is 0 Å². The Morgan fingerprint density at radius 2 is 1.62 bits per heavy atom. The van der Waals surface area contributed by atoms with E-state index in [0.717, 1.165) is 12.7 Å².